The fourth-order valence-corrected chi connectivity index (χ4v) is 2.41. The molecule has 4 N–H and O–H groups in total. The Morgan fingerprint density at radius 3 is 2.42 bits per heavy atom. The Kier molecular flexibility index (Phi) is 7.48. The van der Waals surface area contributed by atoms with Gasteiger partial charge in [-0.2, -0.15) is 0 Å². The molecule has 130 valence electrons. The molecule has 2 rings (SSSR count). The molecule has 0 saturated heterocycles. The van der Waals surface area contributed by atoms with Crippen LogP contribution in [0.4, 0.5) is 0 Å². The highest BCUT2D eigenvalue weighted by Crippen LogP contribution is 2.13. The molecular formula is C17H23ClN4O2. The van der Waals surface area contributed by atoms with E-state index in [9.17, 15) is 9.59 Å². The lowest BCUT2D eigenvalue weighted by Gasteiger charge is -2.23. The standard InChI is InChI=1S/C17H22N4O2.ClH/c1-20-12-14(16(19)22)10-15(20)17(23)21(9-5-8-18)11-13-6-3-2-4-7-13;/h2-4,6-7,10,12H,5,8-9,11,18H2,1H3,(H2,19,22);1H. The Morgan fingerprint density at radius 1 is 1.21 bits per heavy atom. The topological polar surface area (TPSA) is 94.3 Å². The highest BCUT2D eigenvalue weighted by molar-refractivity contribution is 5.98. The Balaban J connectivity index is 0.00000288. The van der Waals surface area contributed by atoms with Gasteiger partial charge in [0.15, 0.2) is 0 Å². The van der Waals surface area contributed by atoms with Crippen molar-refractivity contribution in [1.29, 1.82) is 0 Å². The number of nitrogens with zero attached hydrogens (tertiary/aromatic N) is 2. The molecule has 0 unspecified atom stereocenters. The van der Waals surface area contributed by atoms with E-state index in [1.807, 2.05) is 30.3 Å². The van der Waals surface area contributed by atoms with E-state index in [1.165, 1.54) is 6.07 Å². The summed E-state index contributed by atoms with van der Waals surface area (Å²) >= 11 is 0. The molecule has 0 bridgehead atoms. The molecule has 0 aliphatic carbocycles. The fraction of sp³-hybridized carbons (Fsp3) is 0.294. The highest BCUT2D eigenvalue weighted by Gasteiger charge is 2.20. The van der Waals surface area contributed by atoms with Crippen molar-refractivity contribution in [2.24, 2.45) is 18.5 Å². The summed E-state index contributed by atoms with van der Waals surface area (Å²) < 4.78 is 1.63. The Bertz CT molecular complexity index is 685. The summed E-state index contributed by atoms with van der Waals surface area (Å²) in [5, 5.41) is 0. The zero-order chi connectivity index (χ0) is 16.8. The maximum absolute atomic E-state index is 12.8. The second-order valence-corrected chi connectivity index (χ2v) is 5.44. The van der Waals surface area contributed by atoms with Gasteiger partial charge in [0.1, 0.15) is 5.69 Å². The summed E-state index contributed by atoms with van der Waals surface area (Å²) in [5.74, 6) is -0.687. The van der Waals surface area contributed by atoms with Gasteiger partial charge < -0.3 is 20.9 Å². The number of halogens is 1. The van der Waals surface area contributed by atoms with Crippen molar-refractivity contribution in [3.8, 4) is 0 Å². The fourth-order valence-electron chi connectivity index (χ4n) is 2.41. The van der Waals surface area contributed by atoms with Crippen LogP contribution in [0.5, 0.6) is 0 Å². The van der Waals surface area contributed by atoms with Crippen molar-refractivity contribution < 1.29 is 9.59 Å². The van der Waals surface area contributed by atoms with E-state index >= 15 is 0 Å². The molecule has 0 atom stereocenters. The molecule has 0 aliphatic heterocycles. The third-order valence-electron chi connectivity index (χ3n) is 3.64. The molecule has 0 spiro atoms. The van der Waals surface area contributed by atoms with E-state index < -0.39 is 5.91 Å². The Hall–Kier alpha value is -2.31. The normalized spacial score (nSPS) is 10.1. The van der Waals surface area contributed by atoms with Gasteiger partial charge in [-0.25, -0.2) is 0 Å². The number of carbonyl (C=O) groups is 2. The van der Waals surface area contributed by atoms with E-state index in [4.69, 9.17) is 11.5 Å². The molecular weight excluding hydrogens is 328 g/mol. The molecule has 0 aliphatic rings. The number of benzene rings is 1. The van der Waals surface area contributed by atoms with Gasteiger partial charge in [-0.1, -0.05) is 30.3 Å². The largest absolute Gasteiger partial charge is 0.366 e. The van der Waals surface area contributed by atoms with Gasteiger partial charge in [0, 0.05) is 26.3 Å². The quantitative estimate of drug-likeness (QED) is 0.793. The molecule has 1 aromatic carbocycles. The molecule has 0 radical (unpaired) electrons. The summed E-state index contributed by atoms with van der Waals surface area (Å²) in [4.78, 5) is 25.9. The zero-order valence-electron chi connectivity index (χ0n) is 13.6. The monoisotopic (exact) mass is 350 g/mol. The number of aryl methyl sites for hydroxylation is 1. The van der Waals surface area contributed by atoms with Crippen molar-refractivity contribution in [3.05, 3.63) is 59.4 Å². The lowest BCUT2D eigenvalue weighted by Crippen LogP contribution is -2.33. The molecule has 0 saturated carbocycles. The maximum atomic E-state index is 12.8. The van der Waals surface area contributed by atoms with Crippen LogP contribution in [-0.2, 0) is 13.6 Å². The molecule has 1 aromatic heterocycles. The van der Waals surface area contributed by atoms with Crippen molar-refractivity contribution in [1.82, 2.24) is 9.47 Å². The average molecular weight is 351 g/mol. The van der Waals surface area contributed by atoms with E-state index in [2.05, 4.69) is 0 Å². The minimum Gasteiger partial charge on any atom is -0.366 e. The first kappa shape index (κ1) is 19.7. The smallest absolute Gasteiger partial charge is 0.270 e. The summed E-state index contributed by atoms with van der Waals surface area (Å²) in [6.07, 6.45) is 2.28. The number of rotatable bonds is 7. The van der Waals surface area contributed by atoms with Crippen molar-refractivity contribution in [2.75, 3.05) is 13.1 Å². The highest BCUT2D eigenvalue weighted by atomic mass is 35.5. The number of amides is 2. The maximum Gasteiger partial charge on any atom is 0.270 e. The summed E-state index contributed by atoms with van der Waals surface area (Å²) in [7, 11) is 1.73. The Labute approximate surface area is 147 Å². The molecule has 7 heteroatoms. The molecule has 2 amide bonds. The van der Waals surface area contributed by atoms with Crippen LogP contribution >= 0.6 is 12.4 Å². The van der Waals surface area contributed by atoms with Gasteiger partial charge in [0.25, 0.3) is 5.91 Å². The van der Waals surface area contributed by atoms with E-state index in [0.29, 0.717) is 37.3 Å². The van der Waals surface area contributed by atoms with Crippen LogP contribution in [0.25, 0.3) is 0 Å². The van der Waals surface area contributed by atoms with E-state index in [0.717, 1.165) is 5.56 Å². The van der Waals surface area contributed by atoms with Crippen molar-refractivity contribution >= 4 is 24.2 Å². The van der Waals surface area contributed by atoms with Gasteiger partial charge in [-0.05, 0) is 24.6 Å². The SMILES string of the molecule is Cl.Cn1cc(C(N)=O)cc1C(=O)N(CCCN)Cc1ccccc1. The van der Waals surface area contributed by atoms with Crippen LogP contribution in [0.15, 0.2) is 42.6 Å². The molecule has 2 aromatic rings. The predicted octanol–water partition coefficient (Wildman–Crippen LogP) is 1.54. The zero-order valence-corrected chi connectivity index (χ0v) is 14.5. The first-order valence-corrected chi connectivity index (χ1v) is 7.52. The summed E-state index contributed by atoms with van der Waals surface area (Å²) in [6.45, 7) is 1.57. The number of nitrogens with two attached hydrogens (primary N) is 2. The average Bonchev–Trinajstić information content (AvgIpc) is 2.94. The first-order valence-electron chi connectivity index (χ1n) is 7.52. The number of aromatic nitrogens is 1. The van der Waals surface area contributed by atoms with Crippen LogP contribution in [-0.4, -0.2) is 34.4 Å². The molecule has 1 heterocycles. The first-order chi connectivity index (χ1) is 11.0. The molecule has 6 nitrogen and oxygen atoms in total. The second-order valence-electron chi connectivity index (χ2n) is 5.44. The van der Waals surface area contributed by atoms with Gasteiger partial charge in [-0.3, -0.25) is 9.59 Å². The number of primary amides is 1. The van der Waals surface area contributed by atoms with Gasteiger partial charge in [0.05, 0.1) is 5.56 Å². The number of carbonyl (C=O) groups excluding carboxylic acids is 2. The van der Waals surface area contributed by atoms with Crippen LogP contribution in [0.3, 0.4) is 0 Å². The lowest BCUT2D eigenvalue weighted by atomic mass is 10.2. The lowest BCUT2D eigenvalue weighted by molar-refractivity contribution is 0.0732. The second kappa shape index (κ2) is 9.10. The van der Waals surface area contributed by atoms with E-state index in [1.54, 1.807) is 22.7 Å². The molecule has 24 heavy (non-hydrogen) atoms. The minimum absolute atomic E-state index is 0. The van der Waals surface area contributed by atoms with Crippen LogP contribution in [0.2, 0.25) is 0 Å². The van der Waals surface area contributed by atoms with Crippen molar-refractivity contribution in [3.63, 3.8) is 0 Å². The van der Waals surface area contributed by atoms with Crippen molar-refractivity contribution in [2.45, 2.75) is 13.0 Å². The van der Waals surface area contributed by atoms with Crippen LogP contribution in [0, 0.1) is 0 Å². The van der Waals surface area contributed by atoms with Crippen LogP contribution in [0.1, 0.15) is 32.8 Å². The third-order valence-corrected chi connectivity index (χ3v) is 3.64. The summed E-state index contributed by atoms with van der Waals surface area (Å²) in [6, 6.07) is 11.3. The minimum atomic E-state index is -0.545. The number of hydrogen-bond acceptors (Lipinski definition) is 3. The van der Waals surface area contributed by atoms with Gasteiger partial charge in [-0.15, -0.1) is 12.4 Å². The Morgan fingerprint density at radius 2 is 1.88 bits per heavy atom. The van der Waals surface area contributed by atoms with Gasteiger partial charge >= 0.3 is 0 Å². The summed E-state index contributed by atoms with van der Waals surface area (Å²) in [5.41, 5.74) is 12.7. The third kappa shape index (κ3) is 4.84. The van der Waals surface area contributed by atoms with E-state index in [-0.39, 0.29) is 18.3 Å². The van der Waals surface area contributed by atoms with Gasteiger partial charge in [0.2, 0.25) is 5.91 Å². The molecule has 0 fully saturated rings. The number of hydrogen-bond donors (Lipinski definition) is 2. The predicted molar refractivity (Wildman–Crippen MR) is 96.0 cm³/mol. The van der Waals surface area contributed by atoms with Crippen LogP contribution < -0.4 is 11.5 Å².